The molecule has 0 radical (unpaired) electrons. The zero-order valence-corrected chi connectivity index (χ0v) is 18.1. The van der Waals surface area contributed by atoms with Crippen LogP contribution in [0.4, 0.5) is 13.2 Å². The van der Waals surface area contributed by atoms with E-state index in [9.17, 15) is 27.9 Å². The van der Waals surface area contributed by atoms with Crippen molar-refractivity contribution in [3.8, 4) is 5.82 Å². The van der Waals surface area contributed by atoms with Gasteiger partial charge in [-0.2, -0.15) is 13.2 Å². The molecule has 1 atom stereocenters. The van der Waals surface area contributed by atoms with E-state index in [1.807, 2.05) is 13.8 Å². The van der Waals surface area contributed by atoms with Crippen molar-refractivity contribution in [1.29, 1.82) is 0 Å². The lowest BCUT2D eigenvalue weighted by molar-refractivity contribution is -0.137. The van der Waals surface area contributed by atoms with Crippen LogP contribution in [-0.2, 0) is 6.18 Å². The van der Waals surface area contributed by atoms with Crippen LogP contribution in [0.1, 0.15) is 56.1 Å². The van der Waals surface area contributed by atoms with Gasteiger partial charge in [-0.3, -0.25) is 9.36 Å². The zero-order valence-electron chi connectivity index (χ0n) is 18.1. The lowest BCUT2D eigenvalue weighted by Gasteiger charge is -2.29. The normalized spacial score (nSPS) is 13.7. The van der Waals surface area contributed by atoms with Gasteiger partial charge in [0.15, 0.2) is 0 Å². The Morgan fingerprint density at radius 3 is 2.28 bits per heavy atom. The lowest BCUT2D eigenvalue weighted by atomic mass is 9.91. The van der Waals surface area contributed by atoms with Crippen LogP contribution in [0.25, 0.3) is 16.9 Å². The number of hydrogen-bond donors (Lipinski definition) is 2. The number of carbonyl (C=O) groups excluding carboxylic acids is 1. The second-order valence-electron chi connectivity index (χ2n) is 8.79. The summed E-state index contributed by atoms with van der Waals surface area (Å²) in [6, 6.07) is 5.97. The maximum atomic E-state index is 13.5. The highest BCUT2D eigenvalue weighted by molar-refractivity contribution is 5.96. The molecule has 1 unspecified atom stereocenters. The fraction of sp³-hybridized carbons (Fsp3) is 0.409. The molecule has 0 bridgehead atoms. The van der Waals surface area contributed by atoms with Crippen LogP contribution < -0.4 is 11.4 Å². The topological polar surface area (TPSA) is 103 Å². The molecule has 0 fully saturated rings. The number of pyridine rings is 1. The van der Waals surface area contributed by atoms with Gasteiger partial charge in [0.05, 0.1) is 22.2 Å². The second kappa shape index (κ2) is 8.09. The van der Waals surface area contributed by atoms with Gasteiger partial charge >= 0.3 is 11.9 Å². The van der Waals surface area contributed by atoms with Crippen LogP contribution in [0.5, 0.6) is 0 Å². The number of hydrogen-bond acceptors (Lipinski definition) is 4. The number of amides is 1. The minimum Gasteiger partial charge on any atom is -0.390 e. The Hall–Kier alpha value is -3.14. The molecule has 3 rings (SSSR count). The number of primary amides is 1. The van der Waals surface area contributed by atoms with Gasteiger partial charge in [-0.1, -0.05) is 13.8 Å². The monoisotopic (exact) mass is 450 g/mol. The van der Waals surface area contributed by atoms with Crippen LogP contribution in [0.15, 0.2) is 41.3 Å². The van der Waals surface area contributed by atoms with E-state index in [-0.39, 0.29) is 29.2 Å². The molecule has 1 aromatic carbocycles. The molecule has 32 heavy (non-hydrogen) atoms. The van der Waals surface area contributed by atoms with Crippen molar-refractivity contribution in [3.05, 3.63) is 58.1 Å². The van der Waals surface area contributed by atoms with Gasteiger partial charge < -0.3 is 10.8 Å². The average molecular weight is 450 g/mol. The van der Waals surface area contributed by atoms with E-state index < -0.39 is 35.0 Å². The van der Waals surface area contributed by atoms with E-state index in [4.69, 9.17) is 5.73 Å². The van der Waals surface area contributed by atoms with Crippen molar-refractivity contribution in [2.24, 2.45) is 11.7 Å². The largest absolute Gasteiger partial charge is 0.417 e. The number of aliphatic hydroxyl groups is 1. The molecule has 7 nitrogen and oxygen atoms in total. The summed E-state index contributed by atoms with van der Waals surface area (Å²) in [6.45, 7) is 7.07. The van der Waals surface area contributed by atoms with Gasteiger partial charge in [-0.05, 0) is 56.5 Å². The first-order valence-corrected chi connectivity index (χ1v) is 10.0. The standard InChI is InChI=1S/C22H25F3N4O3/c1-12(2)17(10-21(3,4)32)28-15-7-5-13(19(26)30)9-16(15)29(20(28)31)18-8-6-14(11-27-18)22(23,24)25/h5-9,11-12,17,32H,10H2,1-4H3,(H2,26,30). The Morgan fingerprint density at radius 1 is 1.16 bits per heavy atom. The second-order valence-corrected chi connectivity index (χ2v) is 8.79. The fourth-order valence-electron chi connectivity index (χ4n) is 3.74. The summed E-state index contributed by atoms with van der Waals surface area (Å²) >= 11 is 0. The van der Waals surface area contributed by atoms with Crippen molar-refractivity contribution in [2.75, 3.05) is 0 Å². The molecule has 3 aromatic rings. The van der Waals surface area contributed by atoms with E-state index >= 15 is 0 Å². The summed E-state index contributed by atoms with van der Waals surface area (Å²) < 4.78 is 41.5. The highest BCUT2D eigenvalue weighted by Gasteiger charge is 2.32. The summed E-state index contributed by atoms with van der Waals surface area (Å²) in [5.74, 6) is -0.801. The third-order valence-corrected chi connectivity index (χ3v) is 5.27. The van der Waals surface area contributed by atoms with Gasteiger partial charge in [0, 0.05) is 17.8 Å². The Kier molecular flexibility index (Phi) is 5.94. The molecular formula is C22H25F3N4O3. The van der Waals surface area contributed by atoms with E-state index in [2.05, 4.69) is 4.98 Å². The van der Waals surface area contributed by atoms with E-state index in [0.717, 1.165) is 16.7 Å². The summed E-state index contributed by atoms with van der Waals surface area (Å²) in [4.78, 5) is 29.1. The first-order valence-electron chi connectivity index (χ1n) is 10.0. The molecule has 0 aliphatic carbocycles. The number of benzene rings is 1. The predicted octanol–water partition coefficient (Wildman–Crippen LogP) is 3.66. The molecule has 0 saturated carbocycles. The average Bonchev–Trinajstić information content (AvgIpc) is 2.95. The minimum atomic E-state index is -4.57. The van der Waals surface area contributed by atoms with Crippen molar-refractivity contribution in [2.45, 2.75) is 51.9 Å². The highest BCUT2D eigenvalue weighted by Crippen LogP contribution is 2.32. The molecule has 0 spiro atoms. The summed E-state index contributed by atoms with van der Waals surface area (Å²) in [5.41, 5.74) is 3.68. The number of rotatable bonds is 6. The molecular weight excluding hydrogens is 425 g/mol. The molecule has 3 N–H and O–H groups in total. The summed E-state index contributed by atoms with van der Waals surface area (Å²) in [6.07, 6.45) is -3.67. The molecule has 2 aromatic heterocycles. The summed E-state index contributed by atoms with van der Waals surface area (Å²) in [5, 5.41) is 10.4. The van der Waals surface area contributed by atoms with Gasteiger partial charge in [0.1, 0.15) is 5.82 Å². The van der Waals surface area contributed by atoms with Crippen LogP contribution in [-0.4, -0.2) is 30.7 Å². The van der Waals surface area contributed by atoms with Crippen molar-refractivity contribution in [1.82, 2.24) is 14.1 Å². The quantitative estimate of drug-likeness (QED) is 0.598. The van der Waals surface area contributed by atoms with Gasteiger partial charge in [-0.15, -0.1) is 0 Å². The predicted molar refractivity (Wildman–Crippen MR) is 114 cm³/mol. The maximum absolute atomic E-state index is 13.5. The Labute approximate surface area is 182 Å². The first-order chi connectivity index (χ1) is 14.7. The molecule has 172 valence electrons. The molecule has 10 heteroatoms. The number of halogens is 3. The van der Waals surface area contributed by atoms with Crippen LogP contribution in [0.2, 0.25) is 0 Å². The number of aromatic nitrogens is 3. The first kappa shape index (κ1) is 23.5. The van der Waals surface area contributed by atoms with Crippen LogP contribution in [0, 0.1) is 5.92 Å². The smallest absolute Gasteiger partial charge is 0.390 e. The van der Waals surface area contributed by atoms with Crippen LogP contribution >= 0.6 is 0 Å². The third kappa shape index (κ3) is 4.55. The number of alkyl halides is 3. The molecule has 0 aliphatic rings. The molecule has 0 aliphatic heterocycles. The van der Waals surface area contributed by atoms with Gasteiger partial charge in [-0.25, -0.2) is 14.3 Å². The number of nitrogens with two attached hydrogens (primary N) is 1. The Bertz CT molecular complexity index is 1200. The van der Waals surface area contributed by atoms with Crippen LogP contribution in [0.3, 0.4) is 0 Å². The molecule has 1 amide bonds. The van der Waals surface area contributed by atoms with Crippen molar-refractivity contribution in [3.63, 3.8) is 0 Å². The zero-order chi connectivity index (χ0) is 24.0. The minimum absolute atomic E-state index is 0.0286. The molecule has 2 heterocycles. The highest BCUT2D eigenvalue weighted by atomic mass is 19.4. The Balaban J connectivity index is 2.33. The number of carbonyl (C=O) groups is 1. The third-order valence-electron chi connectivity index (χ3n) is 5.27. The number of imidazole rings is 1. The number of fused-ring (bicyclic) bond motifs is 1. The van der Waals surface area contributed by atoms with E-state index in [1.165, 1.54) is 16.7 Å². The number of nitrogens with zero attached hydrogens (tertiary/aromatic N) is 3. The Morgan fingerprint density at radius 2 is 1.81 bits per heavy atom. The van der Waals surface area contributed by atoms with E-state index in [1.54, 1.807) is 19.9 Å². The SMILES string of the molecule is CC(C)C(CC(C)(C)O)n1c(=O)n(-c2ccc(C(F)(F)F)cn2)c2cc(C(N)=O)ccc21. The fourth-order valence-corrected chi connectivity index (χ4v) is 3.74. The lowest BCUT2D eigenvalue weighted by Crippen LogP contribution is -2.34. The maximum Gasteiger partial charge on any atom is 0.417 e. The van der Waals surface area contributed by atoms with Crippen molar-refractivity contribution >= 4 is 16.9 Å². The molecule has 0 saturated heterocycles. The van der Waals surface area contributed by atoms with E-state index in [0.29, 0.717) is 11.7 Å². The van der Waals surface area contributed by atoms with Gasteiger partial charge in [0.25, 0.3) is 0 Å². The van der Waals surface area contributed by atoms with Crippen molar-refractivity contribution < 1.29 is 23.1 Å². The van der Waals surface area contributed by atoms with Gasteiger partial charge in [0.2, 0.25) is 5.91 Å². The summed E-state index contributed by atoms with van der Waals surface area (Å²) in [7, 11) is 0.